The molecule has 10 heteroatoms. The molecule has 1 aliphatic carbocycles. The van der Waals surface area contributed by atoms with Crippen LogP contribution in [0.1, 0.15) is 32.1 Å². The van der Waals surface area contributed by atoms with Crippen LogP contribution in [0, 0.1) is 17.7 Å². The molecule has 1 saturated carbocycles. The van der Waals surface area contributed by atoms with E-state index in [0.29, 0.717) is 47.7 Å². The Morgan fingerprint density at radius 3 is 3.03 bits per heavy atom. The highest BCUT2D eigenvalue weighted by Crippen LogP contribution is 2.29. The summed E-state index contributed by atoms with van der Waals surface area (Å²) in [5.41, 5.74) is 1.37. The molecule has 1 aliphatic heterocycles. The van der Waals surface area contributed by atoms with Gasteiger partial charge in [-0.25, -0.2) is 19.3 Å². The average molecular weight is 473 g/mol. The molecule has 5 rings (SSSR count). The normalized spacial score (nSPS) is 23.0. The Morgan fingerprint density at radius 2 is 2.18 bits per heavy atom. The van der Waals surface area contributed by atoms with Gasteiger partial charge in [0.15, 0.2) is 17.5 Å². The maximum Gasteiger partial charge on any atom is 0.225 e. The molecule has 3 unspecified atom stereocenters. The number of anilines is 1. The number of amides is 1. The summed E-state index contributed by atoms with van der Waals surface area (Å²) in [6.45, 7) is 1.75. The summed E-state index contributed by atoms with van der Waals surface area (Å²) in [6, 6.07) is 1.93. The SMILES string of the molecule is O=C(NC1CCCC(CNc2nc(-c3c[nH]c4ncc(Cl)cc34)ncc2F)C1)C1CCOC1. The van der Waals surface area contributed by atoms with E-state index in [9.17, 15) is 9.18 Å². The van der Waals surface area contributed by atoms with Gasteiger partial charge in [-0.3, -0.25) is 4.79 Å². The fraction of sp³-hybridized carbons (Fsp3) is 0.478. The summed E-state index contributed by atoms with van der Waals surface area (Å²) in [5.74, 6) is 0.423. The number of pyridine rings is 1. The second kappa shape index (κ2) is 9.61. The molecule has 0 aromatic carbocycles. The minimum Gasteiger partial charge on any atom is -0.381 e. The van der Waals surface area contributed by atoms with Gasteiger partial charge in [0.2, 0.25) is 5.91 Å². The molecule has 2 aliphatic rings. The van der Waals surface area contributed by atoms with Gasteiger partial charge in [-0.05, 0) is 37.7 Å². The standard InChI is InChI=1S/C23H26ClFN6O2/c24-15-7-17-18(10-28-20(17)27-9-15)21-29-11-19(25)22(31-21)26-8-13-2-1-3-16(6-13)30-23(32)14-4-5-33-12-14/h7,9-11,13-14,16H,1-6,8,12H2,(H,27,28)(H,30,32)(H,26,29,31). The maximum absolute atomic E-state index is 14.5. The predicted molar refractivity (Wildman–Crippen MR) is 123 cm³/mol. The Kier molecular flexibility index (Phi) is 6.41. The lowest BCUT2D eigenvalue weighted by Crippen LogP contribution is -2.42. The number of nitrogens with zero attached hydrogens (tertiary/aromatic N) is 3. The summed E-state index contributed by atoms with van der Waals surface area (Å²) in [4.78, 5) is 28.3. The highest BCUT2D eigenvalue weighted by Gasteiger charge is 2.28. The lowest BCUT2D eigenvalue weighted by Gasteiger charge is -2.30. The van der Waals surface area contributed by atoms with Gasteiger partial charge in [-0.1, -0.05) is 18.0 Å². The molecule has 8 nitrogen and oxygen atoms in total. The van der Waals surface area contributed by atoms with E-state index in [-0.39, 0.29) is 23.7 Å². The number of aromatic nitrogens is 4. The van der Waals surface area contributed by atoms with Crippen molar-refractivity contribution >= 4 is 34.4 Å². The van der Waals surface area contributed by atoms with E-state index in [0.717, 1.165) is 37.5 Å². The predicted octanol–water partition coefficient (Wildman–Crippen LogP) is 3.94. The average Bonchev–Trinajstić information content (AvgIpc) is 3.49. The summed E-state index contributed by atoms with van der Waals surface area (Å²) in [7, 11) is 0. The number of carbonyl (C=O) groups excluding carboxylic acids is 1. The summed E-state index contributed by atoms with van der Waals surface area (Å²) in [6.07, 6.45) is 9.15. The van der Waals surface area contributed by atoms with Crippen LogP contribution in [0.4, 0.5) is 10.2 Å². The first-order chi connectivity index (χ1) is 16.1. The van der Waals surface area contributed by atoms with E-state index in [1.54, 1.807) is 18.5 Å². The van der Waals surface area contributed by atoms with Crippen LogP contribution in [0.2, 0.25) is 5.02 Å². The number of rotatable bonds is 6. The Hall–Kier alpha value is -2.78. The number of H-pyrrole nitrogens is 1. The lowest BCUT2D eigenvalue weighted by atomic mass is 9.85. The van der Waals surface area contributed by atoms with E-state index >= 15 is 0 Å². The van der Waals surface area contributed by atoms with Crippen LogP contribution in [-0.4, -0.2) is 51.6 Å². The summed E-state index contributed by atoms with van der Waals surface area (Å²) < 4.78 is 19.8. The zero-order valence-electron chi connectivity index (χ0n) is 18.1. The highest BCUT2D eigenvalue weighted by atomic mass is 35.5. The van der Waals surface area contributed by atoms with Crippen LogP contribution in [0.25, 0.3) is 22.4 Å². The highest BCUT2D eigenvalue weighted by molar-refractivity contribution is 6.31. The van der Waals surface area contributed by atoms with Crippen molar-refractivity contribution in [3.05, 3.63) is 35.5 Å². The van der Waals surface area contributed by atoms with Crippen molar-refractivity contribution in [3.8, 4) is 11.4 Å². The van der Waals surface area contributed by atoms with E-state index in [2.05, 4.69) is 30.6 Å². The van der Waals surface area contributed by atoms with Gasteiger partial charge < -0.3 is 20.4 Å². The van der Waals surface area contributed by atoms with Crippen molar-refractivity contribution in [2.45, 2.75) is 38.1 Å². The van der Waals surface area contributed by atoms with Gasteiger partial charge in [0.1, 0.15) is 5.65 Å². The third kappa shape index (κ3) is 4.94. The van der Waals surface area contributed by atoms with Crippen LogP contribution < -0.4 is 10.6 Å². The van der Waals surface area contributed by atoms with Crippen LogP contribution in [0.15, 0.2) is 24.7 Å². The monoisotopic (exact) mass is 472 g/mol. The second-order valence-electron chi connectivity index (χ2n) is 8.82. The van der Waals surface area contributed by atoms with Crippen LogP contribution >= 0.6 is 11.6 Å². The van der Waals surface area contributed by atoms with Gasteiger partial charge in [0, 0.05) is 42.5 Å². The number of aromatic amines is 1. The molecule has 1 saturated heterocycles. The van der Waals surface area contributed by atoms with Crippen molar-refractivity contribution < 1.29 is 13.9 Å². The molecule has 3 aromatic heterocycles. The molecule has 174 valence electrons. The molecule has 2 fully saturated rings. The van der Waals surface area contributed by atoms with E-state index < -0.39 is 5.82 Å². The molecular formula is C23H26ClFN6O2. The summed E-state index contributed by atoms with van der Waals surface area (Å²) >= 11 is 6.09. The van der Waals surface area contributed by atoms with Gasteiger partial charge in [-0.2, -0.15) is 0 Å². The quantitative estimate of drug-likeness (QED) is 0.502. The van der Waals surface area contributed by atoms with E-state index in [1.165, 1.54) is 6.20 Å². The molecule has 3 atom stereocenters. The topological polar surface area (TPSA) is 105 Å². The van der Waals surface area contributed by atoms with Crippen molar-refractivity contribution in [1.29, 1.82) is 0 Å². The number of nitrogens with one attached hydrogen (secondary N) is 3. The molecule has 4 heterocycles. The zero-order chi connectivity index (χ0) is 22.8. The Bertz CT molecular complexity index is 1150. The number of hydrogen-bond acceptors (Lipinski definition) is 6. The fourth-order valence-corrected chi connectivity index (χ4v) is 4.85. The summed E-state index contributed by atoms with van der Waals surface area (Å²) in [5, 5.41) is 7.63. The van der Waals surface area contributed by atoms with Gasteiger partial charge in [0.05, 0.1) is 23.7 Å². The zero-order valence-corrected chi connectivity index (χ0v) is 18.9. The molecule has 0 bridgehead atoms. The van der Waals surface area contributed by atoms with Crippen LogP contribution in [0.3, 0.4) is 0 Å². The molecular weight excluding hydrogens is 447 g/mol. The van der Waals surface area contributed by atoms with Gasteiger partial charge >= 0.3 is 0 Å². The van der Waals surface area contributed by atoms with Crippen molar-refractivity contribution in [3.63, 3.8) is 0 Å². The number of hydrogen-bond donors (Lipinski definition) is 3. The Balaban J connectivity index is 1.24. The maximum atomic E-state index is 14.5. The first-order valence-corrected chi connectivity index (χ1v) is 11.7. The van der Waals surface area contributed by atoms with Gasteiger partial charge in [-0.15, -0.1) is 0 Å². The Morgan fingerprint density at radius 1 is 1.27 bits per heavy atom. The third-order valence-electron chi connectivity index (χ3n) is 6.47. The van der Waals surface area contributed by atoms with Crippen molar-refractivity contribution in [2.24, 2.45) is 11.8 Å². The second-order valence-corrected chi connectivity index (χ2v) is 9.26. The molecule has 33 heavy (non-hydrogen) atoms. The molecule has 3 N–H and O–H groups in total. The Labute approximate surface area is 195 Å². The van der Waals surface area contributed by atoms with Crippen LogP contribution in [0.5, 0.6) is 0 Å². The van der Waals surface area contributed by atoms with Gasteiger partial charge in [0.25, 0.3) is 0 Å². The largest absolute Gasteiger partial charge is 0.381 e. The first kappa shape index (κ1) is 22.0. The van der Waals surface area contributed by atoms with Crippen molar-refractivity contribution in [2.75, 3.05) is 25.1 Å². The number of halogens is 2. The minimum absolute atomic E-state index is 0.0355. The fourth-order valence-electron chi connectivity index (χ4n) is 4.69. The smallest absolute Gasteiger partial charge is 0.225 e. The molecule has 0 spiro atoms. The molecule has 3 aromatic rings. The van der Waals surface area contributed by atoms with E-state index in [1.807, 2.05) is 0 Å². The number of fused-ring (bicyclic) bond motifs is 1. The third-order valence-corrected chi connectivity index (χ3v) is 6.68. The minimum atomic E-state index is -0.503. The number of carbonyl (C=O) groups is 1. The molecule has 1 amide bonds. The number of ether oxygens (including phenoxy) is 1. The molecule has 0 radical (unpaired) electrons. The lowest BCUT2D eigenvalue weighted by molar-refractivity contribution is -0.126. The van der Waals surface area contributed by atoms with Crippen molar-refractivity contribution in [1.82, 2.24) is 25.3 Å². The van der Waals surface area contributed by atoms with Crippen LogP contribution in [-0.2, 0) is 9.53 Å². The first-order valence-electron chi connectivity index (χ1n) is 11.3. The van der Waals surface area contributed by atoms with E-state index in [4.69, 9.17) is 16.3 Å².